The largest absolute Gasteiger partial charge is 0.355 e. The predicted molar refractivity (Wildman–Crippen MR) is 73.7 cm³/mol. The molecule has 2 N–H and O–H groups in total. The number of hydrogen-bond donors (Lipinski definition) is 2. The van der Waals surface area contributed by atoms with Crippen molar-refractivity contribution in [3.63, 3.8) is 0 Å². The first-order valence-electron chi connectivity index (χ1n) is 6.57. The van der Waals surface area contributed by atoms with Gasteiger partial charge in [-0.2, -0.15) is 0 Å². The van der Waals surface area contributed by atoms with E-state index in [-0.39, 0.29) is 5.91 Å². The van der Waals surface area contributed by atoms with Gasteiger partial charge in [-0.25, -0.2) is 0 Å². The molecule has 0 bridgehead atoms. The number of amides is 1. The monoisotopic (exact) mass is 262 g/mol. The average Bonchev–Trinajstić information content (AvgIpc) is 2.42. The van der Waals surface area contributed by atoms with Gasteiger partial charge >= 0.3 is 0 Å². The third-order valence-corrected chi connectivity index (χ3v) is 4.78. The molecule has 4 heteroatoms. The first-order valence-corrected chi connectivity index (χ1v) is 7.56. The maximum absolute atomic E-state index is 11.2. The van der Waals surface area contributed by atoms with Crippen molar-refractivity contribution in [2.24, 2.45) is 0 Å². The average molecular weight is 262 g/mol. The number of benzene rings is 1. The molecule has 0 radical (unpaired) electrons. The summed E-state index contributed by atoms with van der Waals surface area (Å²) < 4.78 is 0. The Balaban J connectivity index is 1.69. The Morgan fingerprint density at radius 2 is 2.17 bits per heavy atom. The van der Waals surface area contributed by atoms with E-state index in [1.807, 2.05) is 11.8 Å². The summed E-state index contributed by atoms with van der Waals surface area (Å²) in [6.07, 6.45) is 2.78. The number of fused-ring (bicyclic) bond motifs is 1. The van der Waals surface area contributed by atoms with Gasteiger partial charge in [-0.1, -0.05) is 18.2 Å². The topological polar surface area (TPSA) is 41.1 Å². The fourth-order valence-electron chi connectivity index (χ4n) is 2.67. The number of carbonyl (C=O) groups excluding carboxylic acids is 1. The fourth-order valence-corrected chi connectivity index (χ4v) is 3.80. The van der Waals surface area contributed by atoms with Gasteiger partial charge in [0.2, 0.25) is 5.91 Å². The lowest BCUT2D eigenvalue weighted by Crippen LogP contribution is -2.47. The zero-order valence-corrected chi connectivity index (χ0v) is 11.1. The Bertz CT molecular complexity index is 439. The van der Waals surface area contributed by atoms with Gasteiger partial charge in [-0.05, 0) is 30.2 Å². The maximum Gasteiger partial charge on any atom is 0.220 e. The summed E-state index contributed by atoms with van der Waals surface area (Å²) in [5, 5.41) is 6.65. The van der Waals surface area contributed by atoms with Gasteiger partial charge in [-0.15, -0.1) is 11.8 Å². The van der Waals surface area contributed by atoms with E-state index in [1.165, 1.54) is 22.6 Å². The molecule has 3 rings (SSSR count). The van der Waals surface area contributed by atoms with E-state index >= 15 is 0 Å². The summed E-state index contributed by atoms with van der Waals surface area (Å²) in [6.45, 7) is 0.768. The molecule has 1 aromatic rings. The minimum Gasteiger partial charge on any atom is -0.355 e. The van der Waals surface area contributed by atoms with Crippen LogP contribution < -0.4 is 10.6 Å². The highest BCUT2D eigenvalue weighted by Gasteiger charge is 2.25. The summed E-state index contributed by atoms with van der Waals surface area (Å²) in [5.41, 5.74) is 1.42. The highest BCUT2D eigenvalue weighted by Crippen LogP contribution is 2.36. The molecule has 2 heterocycles. The smallest absolute Gasteiger partial charge is 0.220 e. The van der Waals surface area contributed by atoms with Crippen molar-refractivity contribution in [2.75, 3.05) is 12.3 Å². The molecule has 2 atom stereocenters. The number of carbonyl (C=O) groups is 1. The van der Waals surface area contributed by atoms with Gasteiger partial charge in [0.15, 0.2) is 0 Å². The number of thioether (sulfide) groups is 1. The first kappa shape index (κ1) is 12.1. The first-order chi connectivity index (χ1) is 8.83. The fraction of sp³-hybridized carbons (Fsp3) is 0.500. The van der Waals surface area contributed by atoms with Crippen LogP contribution in [0, 0.1) is 0 Å². The third-order valence-electron chi connectivity index (χ3n) is 3.66. The van der Waals surface area contributed by atoms with E-state index in [4.69, 9.17) is 0 Å². The van der Waals surface area contributed by atoms with Crippen LogP contribution in [0.1, 0.15) is 30.9 Å². The lowest BCUT2D eigenvalue weighted by molar-refractivity contribution is -0.122. The van der Waals surface area contributed by atoms with Crippen molar-refractivity contribution in [1.82, 2.24) is 10.6 Å². The van der Waals surface area contributed by atoms with Crippen molar-refractivity contribution >= 4 is 17.7 Å². The molecule has 1 fully saturated rings. The van der Waals surface area contributed by atoms with Crippen LogP contribution in [0.15, 0.2) is 29.2 Å². The highest BCUT2D eigenvalue weighted by atomic mass is 32.2. The van der Waals surface area contributed by atoms with Crippen molar-refractivity contribution in [1.29, 1.82) is 0 Å². The molecule has 0 spiro atoms. The molecule has 0 saturated carbocycles. The van der Waals surface area contributed by atoms with E-state index in [1.54, 1.807) is 0 Å². The van der Waals surface area contributed by atoms with E-state index in [9.17, 15) is 4.79 Å². The van der Waals surface area contributed by atoms with E-state index in [0.717, 1.165) is 13.0 Å². The van der Waals surface area contributed by atoms with Crippen LogP contribution in [0.25, 0.3) is 0 Å². The molecule has 1 aromatic carbocycles. The Morgan fingerprint density at radius 1 is 1.28 bits per heavy atom. The number of hydrogen-bond acceptors (Lipinski definition) is 3. The number of piperidine rings is 1. The maximum atomic E-state index is 11.2. The normalized spacial score (nSPS) is 27.4. The third kappa shape index (κ3) is 2.54. The van der Waals surface area contributed by atoms with Crippen LogP contribution in [0.3, 0.4) is 0 Å². The molecule has 96 valence electrons. The van der Waals surface area contributed by atoms with Crippen LogP contribution in [0.2, 0.25) is 0 Å². The minimum absolute atomic E-state index is 0.188. The molecule has 2 aliphatic heterocycles. The molecule has 1 amide bonds. The van der Waals surface area contributed by atoms with Crippen molar-refractivity contribution in [3.8, 4) is 0 Å². The van der Waals surface area contributed by atoms with Crippen LogP contribution in [-0.4, -0.2) is 24.2 Å². The van der Waals surface area contributed by atoms with Crippen LogP contribution >= 0.6 is 11.8 Å². The van der Waals surface area contributed by atoms with Gasteiger partial charge in [0.25, 0.3) is 0 Å². The van der Waals surface area contributed by atoms with Gasteiger partial charge in [0.1, 0.15) is 0 Å². The Morgan fingerprint density at radius 3 is 3.00 bits per heavy atom. The predicted octanol–water partition coefficient (Wildman–Crippen LogP) is 2.09. The lowest BCUT2D eigenvalue weighted by Gasteiger charge is -2.32. The van der Waals surface area contributed by atoms with E-state index in [2.05, 4.69) is 34.9 Å². The van der Waals surface area contributed by atoms with Gasteiger partial charge in [0, 0.05) is 29.9 Å². The molecular weight excluding hydrogens is 244 g/mol. The number of nitrogens with one attached hydrogen (secondary N) is 2. The second kappa shape index (κ2) is 5.33. The Hall–Kier alpha value is -1.00. The molecule has 2 unspecified atom stereocenters. The second-order valence-corrected chi connectivity index (χ2v) is 6.07. The van der Waals surface area contributed by atoms with Gasteiger partial charge in [-0.3, -0.25) is 4.79 Å². The summed E-state index contributed by atoms with van der Waals surface area (Å²) in [5.74, 6) is 1.36. The van der Waals surface area contributed by atoms with Crippen LogP contribution in [0.5, 0.6) is 0 Å². The Kier molecular flexibility index (Phi) is 3.57. The van der Waals surface area contributed by atoms with Crippen LogP contribution in [0.4, 0.5) is 0 Å². The van der Waals surface area contributed by atoms with Crippen molar-refractivity contribution in [3.05, 3.63) is 29.8 Å². The summed E-state index contributed by atoms with van der Waals surface area (Å²) >= 11 is 1.95. The summed E-state index contributed by atoms with van der Waals surface area (Å²) in [6, 6.07) is 9.51. The molecule has 1 saturated heterocycles. The van der Waals surface area contributed by atoms with E-state index < -0.39 is 0 Å². The highest BCUT2D eigenvalue weighted by molar-refractivity contribution is 7.99. The second-order valence-electron chi connectivity index (χ2n) is 4.93. The molecular formula is C14H18N2OS. The van der Waals surface area contributed by atoms with Crippen molar-refractivity contribution < 1.29 is 4.79 Å². The quantitative estimate of drug-likeness (QED) is 0.857. The van der Waals surface area contributed by atoms with E-state index in [0.29, 0.717) is 18.5 Å². The molecule has 18 heavy (non-hydrogen) atoms. The minimum atomic E-state index is 0.188. The number of rotatable bonds is 2. The van der Waals surface area contributed by atoms with Crippen LogP contribution in [-0.2, 0) is 4.79 Å². The zero-order valence-electron chi connectivity index (χ0n) is 10.3. The zero-order chi connectivity index (χ0) is 12.4. The summed E-state index contributed by atoms with van der Waals surface area (Å²) in [4.78, 5) is 12.6. The molecule has 2 aliphatic rings. The SMILES string of the molecule is O=C1CCC(NC2CCSc3ccccc32)CN1. The lowest BCUT2D eigenvalue weighted by atomic mass is 10.00. The molecule has 0 aromatic heterocycles. The van der Waals surface area contributed by atoms with Gasteiger partial charge in [0.05, 0.1) is 0 Å². The van der Waals surface area contributed by atoms with Crippen molar-refractivity contribution in [2.45, 2.75) is 36.2 Å². The molecule has 3 nitrogen and oxygen atoms in total. The van der Waals surface area contributed by atoms with Gasteiger partial charge < -0.3 is 10.6 Å². The summed E-state index contributed by atoms with van der Waals surface area (Å²) in [7, 11) is 0. The standard InChI is InChI=1S/C14H18N2OS/c17-14-6-5-10(9-15-14)16-12-7-8-18-13-4-2-1-3-11(12)13/h1-4,10,12,16H,5-9H2,(H,15,17). The molecule has 0 aliphatic carbocycles. The Labute approximate surface area is 112 Å².